The van der Waals surface area contributed by atoms with E-state index in [1.807, 2.05) is 0 Å². The fourth-order valence-electron chi connectivity index (χ4n) is 23.7. The van der Waals surface area contributed by atoms with Gasteiger partial charge < -0.3 is 19.6 Å². The molecule has 0 radical (unpaired) electrons. The molecule has 25 rings (SSSR count). The Morgan fingerprint density at radius 3 is 0.721 bits per heavy atom. The van der Waals surface area contributed by atoms with E-state index in [0.717, 1.165) is 102 Å². The number of fused-ring (bicyclic) bond motifs is 19. The standard InChI is InChI=1S/C136H104N4/c1-89-29-25-41-107(77-89)139(104-39-19-12-20-40-104)111-67-75-119-117-73-61-99(85-127(117)134(5,6)129(119)87-111)97-59-71-115-116-72-60-98(84-126(116)133(3,4)125(115)83-97)100-62-74-118-120-76-68-112(88-130(120)135(7,8)128(118)86-100)140(108-42-26-30-90(2)78-108)110-44-28-32-96(82-110)95-31-27-43-109(81-95)138(103-37-17-11-18-38-103)106-65-55-92(56-66-106)50-52-94-58-70-122-121-69-57-93(79-131(121)136(132(122)80-94)123-47-23-21-45-113(123)114-46-22-24-48-124(114)136)51-49-91-53-63-105(64-54-91)137(101-33-13-9-14-34-101)102-35-15-10-16-36-102/h9-88H,1-8H3/b51-49+,52-50+. The molecule has 0 aromatic heterocycles. The van der Waals surface area contributed by atoms with Crippen molar-refractivity contribution in [3.8, 4) is 89.0 Å². The second kappa shape index (κ2) is 33.5. The summed E-state index contributed by atoms with van der Waals surface area (Å²) >= 11 is 0. The van der Waals surface area contributed by atoms with Gasteiger partial charge in [-0.25, -0.2) is 0 Å². The first-order chi connectivity index (χ1) is 68.4. The van der Waals surface area contributed by atoms with Crippen molar-refractivity contribution in [2.24, 2.45) is 0 Å². The zero-order valence-corrected chi connectivity index (χ0v) is 80.0. The quantitative estimate of drug-likeness (QED) is 0.0748. The van der Waals surface area contributed by atoms with Crippen molar-refractivity contribution in [3.05, 3.63) is 550 Å². The van der Waals surface area contributed by atoms with Crippen LogP contribution < -0.4 is 19.6 Å². The third kappa shape index (κ3) is 14.2. The van der Waals surface area contributed by atoms with Crippen LogP contribution in [-0.4, -0.2) is 0 Å². The number of benzene rings is 20. The summed E-state index contributed by atoms with van der Waals surface area (Å²) in [4.78, 5) is 9.53. The van der Waals surface area contributed by atoms with Crippen molar-refractivity contribution in [3.63, 3.8) is 0 Å². The Balaban J connectivity index is 0.474. The Kier molecular flexibility index (Phi) is 20.3. The van der Waals surface area contributed by atoms with E-state index in [9.17, 15) is 0 Å². The molecule has 4 heteroatoms. The molecule has 668 valence electrons. The molecule has 5 aliphatic rings. The first-order valence-electron chi connectivity index (χ1n) is 49.1. The maximum atomic E-state index is 2.49. The Hall–Kier alpha value is -16.9. The van der Waals surface area contributed by atoms with Gasteiger partial charge in [-0.3, -0.25) is 0 Å². The molecular weight excluding hydrogens is 1690 g/mol. The van der Waals surface area contributed by atoms with Crippen LogP contribution in [0.15, 0.2) is 461 Å². The van der Waals surface area contributed by atoms with E-state index in [-0.39, 0.29) is 16.2 Å². The zero-order chi connectivity index (χ0) is 94.3. The first-order valence-corrected chi connectivity index (χ1v) is 49.1. The minimum atomic E-state index is -0.517. The van der Waals surface area contributed by atoms with Crippen LogP contribution in [-0.2, 0) is 21.7 Å². The maximum absolute atomic E-state index is 2.49. The lowest BCUT2D eigenvalue weighted by atomic mass is 9.70. The molecule has 0 aliphatic heterocycles. The molecule has 0 atom stereocenters. The van der Waals surface area contributed by atoms with Crippen molar-refractivity contribution in [2.45, 2.75) is 77.0 Å². The van der Waals surface area contributed by atoms with Crippen molar-refractivity contribution >= 4 is 92.6 Å². The van der Waals surface area contributed by atoms with Gasteiger partial charge in [0.15, 0.2) is 0 Å². The van der Waals surface area contributed by atoms with Gasteiger partial charge in [-0.05, 0) is 374 Å². The topological polar surface area (TPSA) is 13.0 Å². The van der Waals surface area contributed by atoms with Gasteiger partial charge in [-0.1, -0.05) is 345 Å². The summed E-state index contributed by atoms with van der Waals surface area (Å²) in [6.07, 6.45) is 9.09. The van der Waals surface area contributed by atoms with Gasteiger partial charge in [-0.15, -0.1) is 0 Å². The summed E-state index contributed by atoms with van der Waals surface area (Å²) in [7, 11) is 0. The average molecular weight is 1790 g/mol. The number of aryl methyl sites for hydroxylation is 2. The molecule has 0 N–H and O–H groups in total. The van der Waals surface area contributed by atoms with Gasteiger partial charge in [0.25, 0.3) is 0 Å². The summed E-state index contributed by atoms with van der Waals surface area (Å²) in [5.74, 6) is 0. The zero-order valence-electron chi connectivity index (χ0n) is 80.0. The fraction of sp³-hybridized carbons (Fsp3) is 0.0882. The Morgan fingerprint density at radius 2 is 0.371 bits per heavy atom. The molecule has 140 heavy (non-hydrogen) atoms. The monoisotopic (exact) mass is 1790 g/mol. The average Bonchev–Trinajstić information content (AvgIpc) is 1.51. The SMILES string of the molecule is Cc1cccc(N(c2ccccc2)c2ccc3c(c2)C(C)(C)c2cc(-c4ccc5c(c4)C(C)(C)c4cc(-c6ccc7c(c6)C(C)(C)c6cc(N(c8cccc(C)c8)c8cccc(-c9cccc(N(c%10ccccc%10)c%10ccc(/C=C/c%11ccc%12c(c%11)C%11(c%13ccccc%13-c%13ccccc%13%11)c%11cc(/C=C/c%13ccc(N(c%14ccccc%14)c%14ccccc%14)cc%13)ccc%11-%12)cc%10)c9)c8)ccc6-7)ccc4-5)ccc2-3)c1. The molecule has 0 saturated carbocycles. The van der Waals surface area contributed by atoms with E-state index in [4.69, 9.17) is 0 Å². The van der Waals surface area contributed by atoms with E-state index < -0.39 is 5.41 Å². The van der Waals surface area contributed by atoms with E-state index in [0.29, 0.717) is 0 Å². The highest BCUT2D eigenvalue weighted by molar-refractivity contribution is 5.99. The highest BCUT2D eigenvalue weighted by Gasteiger charge is 2.52. The Bertz CT molecular complexity index is 8320. The van der Waals surface area contributed by atoms with Crippen LogP contribution in [0.5, 0.6) is 0 Å². The predicted molar refractivity (Wildman–Crippen MR) is 591 cm³/mol. The number of anilines is 12. The lowest BCUT2D eigenvalue weighted by Gasteiger charge is -2.30. The van der Waals surface area contributed by atoms with Crippen LogP contribution in [0.3, 0.4) is 0 Å². The molecule has 5 aliphatic carbocycles. The van der Waals surface area contributed by atoms with Gasteiger partial charge in [0.05, 0.1) is 5.41 Å². The van der Waals surface area contributed by atoms with Crippen molar-refractivity contribution in [2.75, 3.05) is 19.6 Å². The summed E-state index contributed by atoms with van der Waals surface area (Å²) in [6.45, 7) is 18.9. The molecule has 4 nitrogen and oxygen atoms in total. The minimum absolute atomic E-state index is 0.218. The first kappa shape index (κ1) is 84.8. The molecule has 0 saturated heterocycles. The van der Waals surface area contributed by atoms with Gasteiger partial charge in [0, 0.05) is 84.5 Å². The third-order valence-corrected chi connectivity index (χ3v) is 30.7. The van der Waals surface area contributed by atoms with Gasteiger partial charge >= 0.3 is 0 Å². The van der Waals surface area contributed by atoms with Crippen molar-refractivity contribution in [1.82, 2.24) is 0 Å². The second-order valence-corrected chi connectivity index (χ2v) is 40.1. The molecule has 1 spiro atoms. The van der Waals surface area contributed by atoms with Crippen LogP contribution in [0.1, 0.15) is 131 Å². The second-order valence-electron chi connectivity index (χ2n) is 40.1. The summed E-state index contributed by atoms with van der Waals surface area (Å²) in [6, 6.07) is 172. The molecule has 20 aromatic rings. The lowest BCUT2D eigenvalue weighted by Crippen LogP contribution is -2.26. The smallest absolute Gasteiger partial charge is 0.0725 e. The Labute approximate surface area is 822 Å². The highest BCUT2D eigenvalue weighted by atomic mass is 15.2. The van der Waals surface area contributed by atoms with E-state index in [1.165, 1.54) is 145 Å². The predicted octanol–water partition coefficient (Wildman–Crippen LogP) is 36.8. The number of rotatable bonds is 19. The van der Waals surface area contributed by atoms with Crippen LogP contribution in [0.2, 0.25) is 0 Å². The largest absolute Gasteiger partial charge is 0.311 e. The normalized spacial score (nSPS) is 13.9. The van der Waals surface area contributed by atoms with Gasteiger partial charge in [0.1, 0.15) is 0 Å². The summed E-state index contributed by atoms with van der Waals surface area (Å²) < 4.78 is 0. The highest BCUT2D eigenvalue weighted by Crippen LogP contribution is 2.64. The van der Waals surface area contributed by atoms with E-state index in [2.05, 4.69) is 560 Å². The molecular formula is C136H104N4. The van der Waals surface area contributed by atoms with Gasteiger partial charge in [-0.2, -0.15) is 0 Å². The number of hydrogen-bond donors (Lipinski definition) is 0. The molecule has 20 aromatic carbocycles. The molecule has 0 heterocycles. The van der Waals surface area contributed by atoms with Gasteiger partial charge in [0.2, 0.25) is 0 Å². The van der Waals surface area contributed by atoms with Crippen LogP contribution >= 0.6 is 0 Å². The van der Waals surface area contributed by atoms with Crippen LogP contribution in [0, 0.1) is 13.8 Å². The van der Waals surface area contributed by atoms with Crippen molar-refractivity contribution < 1.29 is 0 Å². The fourth-order valence-corrected chi connectivity index (χ4v) is 23.7. The molecule has 0 amide bonds. The van der Waals surface area contributed by atoms with Crippen molar-refractivity contribution in [1.29, 1.82) is 0 Å². The third-order valence-electron chi connectivity index (χ3n) is 30.7. The molecule has 0 fully saturated rings. The minimum Gasteiger partial charge on any atom is -0.311 e. The Morgan fingerprint density at radius 1 is 0.150 bits per heavy atom. The van der Waals surface area contributed by atoms with E-state index in [1.54, 1.807) is 0 Å². The maximum Gasteiger partial charge on any atom is 0.0725 e. The number of hydrogen-bond acceptors (Lipinski definition) is 4. The lowest BCUT2D eigenvalue weighted by molar-refractivity contribution is 0.659. The van der Waals surface area contributed by atoms with Crippen LogP contribution in [0.25, 0.3) is 113 Å². The van der Waals surface area contributed by atoms with E-state index >= 15 is 0 Å². The van der Waals surface area contributed by atoms with Crippen LogP contribution in [0.4, 0.5) is 68.2 Å². The molecule has 0 bridgehead atoms. The number of para-hydroxylation sites is 4. The summed E-state index contributed by atoms with van der Waals surface area (Å²) in [5.41, 5.74) is 52.6. The number of nitrogens with zero attached hydrogens (tertiary/aromatic N) is 4. The summed E-state index contributed by atoms with van der Waals surface area (Å²) in [5, 5.41) is 0. The molecule has 0 unspecified atom stereocenters.